The van der Waals surface area contributed by atoms with E-state index in [1.54, 1.807) is 0 Å². The van der Waals surface area contributed by atoms with Gasteiger partial charge in [-0.05, 0) is 36.4 Å². The van der Waals surface area contributed by atoms with Gasteiger partial charge in [-0.3, -0.25) is 0 Å². The Labute approximate surface area is 103 Å². The summed E-state index contributed by atoms with van der Waals surface area (Å²) in [6.07, 6.45) is 4.28. The van der Waals surface area contributed by atoms with Gasteiger partial charge in [-0.2, -0.15) is 0 Å². The van der Waals surface area contributed by atoms with E-state index in [1.165, 1.54) is 18.4 Å². The van der Waals surface area contributed by atoms with E-state index in [0.29, 0.717) is 10.6 Å². The highest BCUT2D eigenvalue weighted by molar-refractivity contribution is 6.29. The Morgan fingerprint density at radius 1 is 1.31 bits per heavy atom. The van der Waals surface area contributed by atoms with Crippen molar-refractivity contribution < 1.29 is 0 Å². The first kappa shape index (κ1) is 13.5. The zero-order valence-electron chi connectivity index (χ0n) is 10.4. The van der Waals surface area contributed by atoms with E-state index in [1.807, 2.05) is 18.3 Å². The molecule has 0 aliphatic heterocycles. The van der Waals surface area contributed by atoms with Crippen LogP contribution in [0.1, 0.15) is 39.2 Å². The molecule has 0 aliphatic rings. The van der Waals surface area contributed by atoms with Crippen LogP contribution in [0.2, 0.25) is 5.15 Å². The van der Waals surface area contributed by atoms with Crippen molar-refractivity contribution in [3.63, 3.8) is 0 Å². The molecule has 2 nitrogen and oxygen atoms in total. The summed E-state index contributed by atoms with van der Waals surface area (Å²) in [6.45, 7) is 8.75. The zero-order valence-corrected chi connectivity index (χ0v) is 11.1. The second-order valence-electron chi connectivity index (χ2n) is 5.33. The fourth-order valence-corrected chi connectivity index (χ4v) is 1.60. The Balaban J connectivity index is 2.14. The highest BCUT2D eigenvalue weighted by Gasteiger charge is 2.08. The van der Waals surface area contributed by atoms with Gasteiger partial charge in [-0.15, -0.1) is 0 Å². The summed E-state index contributed by atoms with van der Waals surface area (Å²) in [4.78, 5) is 4.04. The molecule has 0 saturated carbocycles. The second-order valence-corrected chi connectivity index (χ2v) is 5.72. The van der Waals surface area contributed by atoms with Crippen LogP contribution in [0.3, 0.4) is 0 Å². The molecule has 0 bridgehead atoms. The van der Waals surface area contributed by atoms with E-state index >= 15 is 0 Å². The van der Waals surface area contributed by atoms with Crippen LogP contribution < -0.4 is 5.32 Å². The molecule has 90 valence electrons. The van der Waals surface area contributed by atoms with Gasteiger partial charge in [0.05, 0.1) is 0 Å². The maximum absolute atomic E-state index is 5.71. The van der Waals surface area contributed by atoms with Crippen LogP contribution in [0.4, 0.5) is 0 Å². The number of hydrogen-bond donors (Lipinski definition) is 1. The fraction of sp³-hybridized carbons (Fsp3) is 0.615. The third-order valence-electron chi connectivity index (χ3n) is 2.40. The molecule has 3 heteroatoms. The van der Waals surface area contributed by atoms with E-state index < -0.39 is 0 Å². The molecule has 0 spiro atoms. The van der Waals surface area contributed by atoms with Crippen molar-refractivity contribution in [1.82, 2.24) is 10.3 Å². The molecule has 0 saturated heterocycles. The predicted octanol–water partition coefficient (Wildman–Crippen LogP) is 3.65. The summed E-state index contributed by atoms with van der Waals surface area (Å²) in [7, 11) is 0. The van der Waals surface area contributed by atoms with Crippen molar-refractivity contribution in [1.29, 1.82) is 0 Å². The van der Waals surface area contributed by atoms with Gasteiger partial charge in [-0.25, -0.2) is 4.98 Å². The lowest BCUT2D eigenvalue weighted by Gasteiger charge is -2.17. The molecule has 0 fully saturated rings. The molecule has 16 heavy (non-hydrogen) atoms. The minimum atomic E-state index is 0.434. The van der Waals surface area contributed by atoms with Crippen molar-refractivity contribution in [3.05, 3.63) is 29.0 Å². The first-order chi connectivity index (χ1) is 7.47. The van der Waals surface area contributed by atoms with Gasteiger partial charge in [0.2, 0.25) is 0 Å². The first-order valence-corrected chi connectivity index (χ1v) is 6.16. The Morgan fingerprint density at radius 3 is 2.62 bits per heavy atom. The minimum absolute atomic E-state index is 0.434. The molecule has 0 unspecified atom stereocenters. The van der Waals surface area contributed by atoms with Crippen molar-refractivity contribution in [2.24, 2.45) is 5.41 Å². The summed E-state index contributed by atoms with van der Waals surface area (Å²) in [5.41, 5.74) is 1.61. The van der Waals surface area contributed by atoms with E-state index in [9.17, 15) is 0 Å². The molecule has 1 heterocycles. The van der Waals surface area contributed by atoms with Crippen LogP contribution in [0, 0.1) is 5.41 Å². The maximum atomic E-state index is 5.71. The minimum Gasteiger partial charge on any atom is -0.313 e. The van der Waals surface area contributed by atoms with E-state index in [2.05, 4.69) is 31.1 Å². The van der Waals surface area contributed by atoms with Gasteiger partial charge < -0.3 is 5.32 Å². The molecular weight excluding hydrogens is 220 g/mol. The third-order valence-corrected chi connectivity index (χ3v) is 2.62. The number of aromatic nitrogens is 1. The summed E-state index contributed by atoms with van der Waals surface area (Å²) in [5.74, 6) is 0. The largest absolute Gasteiger partial charge is 0.313 e. The van der Waals surface area contributed by atoms with Gasteiger partial charge in [0.15, 0.2) is 0 Å². The van der Waals surface area contributed by atoms with E-state index in [4.69, 9.17) is 11.6 Å². The number of pyridine rings is 1. The second kappa shape index (κ2) is 6.21. The lowest BCUT2D eigenvalue weighted by Crippen LogP contribution is -2.17. The van der Waals surface area contributed by atoms with Gasteiger partial charge in [0.1, 0.15) is 5.15 Å². The van der Waals surface area contributed by atoms with Gasteiger partial charge in [-0.1, -0.05) is 38.4 Å². The molecule has 0 aromatic carbocycles. The van der Waals surface area contributed by atoms with Crippen LogP contribution in [0.15, 0.2) is 18.3 Å². The Bertz CT molecular complexity index is 301. The highest BCUT2D eigenvalue weighted by Crippen LogP contribution is 2.19. The predicted molar refractivity (Wildman–Crippen MR) is 69.6 cm³/mol. The maximum Gasteiger partial charge on any atom is 0.129 e. The number of nitrogens with zero attached hydrogens (tertiary/aromatic N) is 1. The van der Waals surface area contributed by atoms with Crippen molar-refractivity contribution in [2.45, 2.75) is 40.2 Å². The number of rotatable bonds is 5. The lowest BCUT2D eigenvalue weighted by molar-refractivity contribution is 0.361. The van der Waals surface area contributed by atoms with Crippen molar-refractivity contribution >= 4 is 11.6 Å². The molecule has 1 aromatic heterocycles. The summed E-state index contributed by atoms with van der Waals surface area (Å²) in [6, 6.07) is 3.83. The average Bonchev–Trinajstić information content (AvgIpc) is 2.19. The number of halogens is 1. The zero-order chi connectivity index (χ0) is 12.0. The fourth-order valence-electron chi connectivity index (χ4n) is 1.49. The van der Waals surface area contributed by atoms with Crippen LogP contribution in [0.5, 0.6) is 0 Å². The molecular formula is C13H21ClN2. The molecule has 1 N–H and O–H groups in total. The molecule has 0 aliphatic carbocycles. The van der Waals surface area contributed by atoms with Gasteiger partial charge in [0, 0.05) is 12.7 Å². The molecule has 1 rings (SSSR count). The Kier molecular flexibility index (Phi) is 5.23. The quantitative estimate of drug-likeness (QED) is 0.628. The van der Waals surface area contributed by atoms with Gasteiger partial charge >= 0.3 is 0 Å². The van der Waals surface area contributed by atoms with E-state index in [0.717, 1.165) is 13.1 Å². The van der Waals surface area contributed by atoms with E-state index in [-0.39, 0.29) is 0 Å². The van der Waals surface area contributed by atoms with Crippen LogP contribution in [-0.2, 0) is 6.54 Å². The Morgan fingerprint density at radius 2 is 2.06 bits per heavy atom. The molecule has 0 radical (unpaired) electrons. The number of hydrogen-bond acceptors (Lipinski definition) is 2. The SMILES string of the molecule is CC(C)(C)CCCNCc1ccc(Cl)nc1. The van der Waals surface area contributed by atoms with Crippen LogP contribution in [0.25, 0.3) is 0 Å². The molecule has 1 aromatic rings. The number of nitrogens with one attached hydrogen (secondary N) is 1. The Hall–Kier alpha value is -0.600. The van der Waals surface area contributed by atoms with Gasteiger partial charge in [0.25, 0.3) is 0 Å². The van der Waals surface area contributed by atoms with Crippen molar-refractivity contribution in [3.8, 4) is 0 Å². The third kappa shape index (κ3) is 6.09. The topological polar surface area (TPSA) is 24.9 Å². The molecule has 0 amide bonds. The summed E-state index contributed by atoms with van der Waals surface area (Å²) < 4.78 is 0. The van der Waals surface area contributed by atoms with Crippen molar-refractivity contribution in [2.75, 3.05) is 6.54 Å². The smallest absolute Gasteiger partial charge is 0.129 e. The molecule has 0 atom stereocenters. The first-order valence-electron chi connectivity index (χ1n) is 5.78. The highest BCUT2D eigenvalue weighted by atomic mass is 35.5. The average molecular weight is 241 g/mol. The standard InChI is InChI=1S/C13H21ClN2/c1-13(2,3)7-4-8-15-9-11-5-6-12(14)16-10-11/h5-6,10,15H,4,7-9H2,1-3H3. The summed E-state index contributed by atoms with van der Waals surface area (Å²) in [5, 5.41) is 3.96. The summed E-state index contributed by atoms with van der Waals surface area (Å²) >= 11 is 5.71. The lowest BCUT2D eigenvalue weighted by atomic mass is 9.91. The normalized spacial score (nSPS) is 11.8. The van der Waals surface area contributed by atoms with Crippen LogP contribution >= 0.6 is 11.6 Å². The monoisotopic (exact) mass is 240 g/mol. The van der Waals surface area contributed by atoms with Crippen LogP contribution in [-0.4, -0.2) is 11.5 Å².